The van der Waals surface area contributed by atoms with E-state index < -0.39 is 0 Å². The molecule has 1 heterocycles. The van der Waals surface area contributed by atoms with Crippen molar-refractivity contribution in [2.75, 3.05) is 26.8 Å². The number of rotatable bonds is 10. The highest BCUT2D eigenvalue weighted by Gasteiger charge is 1.96. The van der Waals surface area contributed by atoms with Crippen LogP contribution in [0.5, 0.6) is 0 Å². The Morgan fingerprint density at radius 3 is 2.65 bits per heavy atom. The van der Waals surface area contributed by atoms with E-state index in [4.69, 9.17) is 4.74 Å². The van der Waals surface area contributed by atoms with E-state index in [0.717, 1.165) is 19.7 Å². The van der Waals surface area contributed by atoms with Gasteiger partial charge >= 0.3 is 0 Å². The Bertz CT molecular complexity index is 286. The highest BCUT2D eigenvalue weighted by molar-refractivity contribution is 7.11. The molecule has 0 atom stereocenters. The molecule has 0 unspecified atom stereocenters. The van der Waals surface area contributed by atoms with Crippen molar-refractivity contribution in [1.82, 2.24) is 5.32 Å². The third kappa shape index (κ3) is 7.53. The monoisotopic (exact) mass is 255 g/mol. The summed E-state index contributed by atoms with van der Waals surface area (Å²) in [7, 11) is 1.74. The van der Waals surface area contributed by atoms with Gasteiger partial charge in [-0.25, -0.2) is 0 Å². The van der Waals surface area contributed by atoms with E-state index >= 15 is 0 Å². The quantitative estimate of drug-likeness (QED) is 0.647. The maximum atomic E-state index is 4.98. The van der Waals surface area contributed by atoms with E-state index in [-0.39, 0.29) is 0 Å². The molecule has 0 fully saturated rings. The summed E-state index contributed by atoms with van der Waals surface area (Å²) < 4.78 is 4.98. The van der Waals surface area contributed by atoms with Gasteiger partial charge in [-0.1, -0.05) is 12.8 Å². The number of methoxy groups -OCH3 is 1. The van der Waals surface area contributed by atoms with E-state index in [0.29, 0.717) is 0 Å². The van der Waals surface area contributed by atoms with Crippen LogP contribution in [0.25, 0.3) is 0 Å². The number of hydrogen-bond acceptors (Lipinski definition) is 3. The molecule has 1 rings (SSSR count). The van der Waals surface area contributed by atoms with Crippen LogP contribution in [0.3, 0.4) is 0 Å². The third-order valence-corrected chi connectivity index (χ3v) is 3.87. The van der Waals surface area contributed by atoms with Crippen LogP contribution in [0.15, 0.2) is 12.1 Å². The van der Waals surface area contributed by atoms with Crippen LogP contribution < -0.4 is 5.32 Å². The molecule has 1 N–H and O–H groups in total. The van der Waals surface area contributed by atoms with E-state index in [9.17, 15) is 0 Å². The summed E-state index contributed by atoms with van der Waals surface area (Å²) >= 11 is 1.94. The molecule has 0 amide bonds. The summed E-state index contributed by atoms with van der Waals surface area (Å²) in [5, 5.41) is 3.38. The summed E-state index contributed by atoms with van der Waals surface area (Å²) in [5.74, 6) is 0. The lowest BCUT2D eigenvalue weighted by Gasteiger charge is -2.03. The third-order valence-electron chi connectivity index (χ3n) is 2.81. The standard InChI is InChI=1S/C14H25NOS/c1-13-8-9-14(17-13)7-5-3-4-6-10-15-11-12-16-2/h8-9,15H,3-7,10-12H2,1-2H3. The zero-order valence-electron chi connectivity index (χ0n) is 11.1. The maximum absolute atomic E-state index is 4.98. The molecule has 0 aliphatic rings. The predicted octanol–water partition coefficient (Wildman–Crippen LogP) is 3.40. The second-order valence-electron chi connectivity index (χ2n) is 4.42. The van der Waals surface area contributed by atoms with E-state index in [1.807, 2.05) is 11.3 Å². The smallest absolute Gasteiger partial charge is 0.0587 e. The van der Waals surface area contributed by atoms with Gasteiger partial charge in [0.2, 0.25) is 0 Å². The summed E-state index contributed by atoms with van der Waals surface area (Å²) in [4.78, 5) is 2.98. The van der Waals surface area contributed by atoms with Crippen molar-refractivity contribution in [2.24, 2.45) is 0 Å². The average molecular weight is 255 g/mol. The van der Waals surface area contributed by atoms with Crippen molar-refractivity contribution in [3.8, 4) is 0 Å². The van der Waals surface area contributed by atoms with E-state index in [1.54, 1.807) is 12.0 Å². The second-order valence-corrected chi connectivity index (χ2v) is 5.79. The minimum Gasteiger partial charge on any atom is -0.383 e. The number of hydrogen-bond donors (Lipinski definition) is 1. The van der Waals surface area contributed by atoms with Gasteiger partial charge in [-0.15, -0.1) is 11.3 Å². The fraction of sp³-hybridized carbons (Fsp3) is 0.714. The van der Waals surface area contributed by atoms with Crippen LogP contribution >= 0.6 is 11.3 Å². The van der Waals surface area contributed by atoms with Crippen molar-refractivity contribution in [1.29, 1.82) is 0 Å². The van der Waals surface area contributed by atoms with Crippen molar-refractivity contribution in [3.63, 3.8) is 0 Å². The number of unbranched alkanes of at least 4 members (excludes halogenated alkanes) is 3. The number of nitrogens with one attached hydrogen (secondary N) is 1. The molecule has 17 heavy (non-hydrogen) atoms. The van der Waals surface area contributed by atoms with Crippen LogP contribution in [0.4, 0.5) is 0 Å². The number of ether oxygens (including phenoxy) is 1. The van der Waals surface area contributed by atoms with Gasteiger partial charge in [0.25, 0.3) is 0 Å². The van der Waals surface area contributed by atoms with Gasteiger partial charge in [0, 0.05) is 23.4 Å². The molecule has 98 valence electrons. The van der Waals surface area contributed by atoms with Crippen molar-refractivity contribution in [2.45, 2.75) is 39.0 Å². The second kappa shape index (κ2) is 9.63. The Hall–Kier alpha value is -0.380. The Labute approximate surface area is 109 Å². The van der Waals surface area contributed by atoms with Gasteiger partial charge in [0.1, 0.15) is 0 Å². The zero-order chi connectivity index (χ0) is 12.3. The summed E-state index contributed by atoms with van der Waals surface area (Å²) in [6, 6.07) is 4.49. The maximum Gasteiger partial charge on any atom is 0.0587 e. The molecule has 0 saturated heterocycles. The minimum atomic E-state index is 0.817. The number of thiophene rings is 1. The topological polar surface area (TPSA) is 21.3 Å². The molecule has 0 aliphatic carbocycles. The van der Waals surface area contributed by atoms with Gasteiger partial charge < -0.3 is 10.1 Å². The lowest BCUT2D eigenvalue weighted by molar-refractivity contribution is 0.199. The largest absolute Gasteiger partial charge is 0.383 e. The fourth-order valence-electron chi connectivity index (χ4n) is 1.82. The van der Waals surface area contributed by atoms with Crippen LogP contribution in [0.2, 0.25) is 0 Å². The molecular weight excluding hydrogens is 230 g/mol. The molecule has 2 nitrogen and oxygen atoms in total. The first-order chi connectivity index (χ1) is 8.33. The number of aryl methyl sites for hydroxylation is 2. The highest BCUT2D eigenvalue weighted by Crippen LogP contribution is 2.17. The Balaban J connectivity index is 1.84. The Morgan fingerprint density at radius 2 is 1.94 bits per heavy atom. The summed E-state index contributed by atoms with van der Waals surface area (Å²) in [5.41, 5.74) is 0. The van der Waals surface area contributed by atoms with Gasteiger partial charge in [0.05, 0.1) is 6.61 Å². The van der Waals surface area contributed by atoms with Crippen molar-refractivity contribution < 1.29 is 4.74 Å². The Morgan fingerprint density at radius 1 is 1.12 bits per heavy atom. The van der Waals surface area contributed by atoms with Crippen molar-refractivity contribution in [3.05, 3.63) is 21.9 Å². The van der Waals surface area contributed by atoms with E-state index in [2.05, 4.69) is 24.4 Å². The fourth-order valence-corrected chi connectivity index (χ4v) is 2.75. The summed E-state index contributed by atoms with van der Waals surface area (Å²) in [6.45, 7) is 5.10. The Kier molecular flexibility index (Phi) is 8.32. The van der Waals surface area contributed by atoms with Gasteiger partial charge in [-0.2, -0.15) is 0 Å². The molecular formula is C14H25NOS. The minimum absolute atomic E-state index is 0.817. The van der Waals surface area contributed by atoms with Crippen LogP contribution in [-0.2, 0) is 11.2 Å². The van der Waals surface area contributed by atoms with Gasteiger partial charge in [0.15, 0.2) is 0 Å². The zero-order valence-corrected chi connectivity index (χ0v) is 11.9. The lowest BCUT2D eigenvalue weighted by atomic mass is 10.1. The van der Waals surface area contributed by atoms with Gasteiger partial charge in [-0.3, -0.25) is 0 Å². The lowest BCUT2D eigenvalue weighted by Crippen LogP contribution is -2.20. The predicted molar refractivity (Wildman–Crippen MR) is 76.0 cm³/mol. The van der Waals surface area contributed by atoms with Crippen LogP contribution in [-0.4, -0.2) is 26.8 Å². The molecule has 1 aromatic heterocycles. The molecule has 3 heteroatoms. The van der Waals surface area contributed by atoms with E-state index in [1.165, 1.54) is 37.0 Å². The van der Waals surface area contributed by atoms with Crippen LogP contribution in [0.1, 0.15) is 35.4 Å². The summed E-state index contributed by atoms with van der Waals surface area (Å²) in [6.07, 6.45) is 6.56. The molecule has 0 aliphatic heterocycles. The molecule has 0 radical (unpaired) electrons. The molecule has 0 aromatic carbocycles. The normalized spacial score (nSPS) is 10.9. The molecule has 1 aromatic rings. The first kappa shape index (κ1) is 14.7. The van der Waals surface area contributed by atoms with Crippen LogP contribution in [0, 0.1) is 6.92 Å². The molecule has 0 bridgehead atoms. The highest BCUT2D eigenvalue weighted by atomic mass is 32.1. The van der Waals surface area contributed by atoms with Crippen molar-refractivity contribution >= 4 is 11.3 Å². The SMILES string of the molecule is COCCNCCCCCCc1ccc(C)s1. The first-order valence-electron chi connectivity index (χ1n) is 6.58. The molecule has 0 saturated carbocycles. The first-order valence-corrected chi connectivity index (χ1v) is 7.39. The van der Waals surface area contributed by atoms with Gasteiger partial charge in [-0.05, 0) is 44.9 Å². The molecule has 0 spiro atoms. The average Bonchev–Trinajstić information content (AvgIpc) is 2.73.